The van der Waals surface area contributed by atoms with Crippen molar-refractivity contribution in [3.8, 4) is 0 Å². The molecule has 0 unspecified atom stereocenters. The summed E-state index contributed by atoms with van der Waals surface area (Å²) in [7, 11) is -2.89. The van der Waals surface area contributed by atoms with Gasteiger partial charge in [0.2, 0.25) is 0 Å². The molecule has 7 heteroatoms. The van der Waals surface area contributed by atoms with E-state index in [9.17, 15) is 8.42 Å². The summed E-state index contributed by atoms with van der Waals surface area (Å²) in [5, 5.41) is 6.81. The average Bonchev–Trinajstić information content (AvgIpc) is 2.72. The van der Waals surface area contributed by atoms with Gasteiger partial charge in [-0.05, 0) is 18.6 Å². The largest absolute Gasteiger partial charge is 0.300 e. The lowest BCUT2D eigenvalue weighted by Crippen LogP contribution is -2.10. The van der Waals surface area contributed by atoms with Gasteiger partial charge in [0.15, 0.2) is 14.6 Å². The number of hydrogen-bond donors (Lipinski definition) is 1. The molecule has 1 atom stereocenters. The first-order valence-corrected chi connectivity index (χ1v) is 7.23. The van der Waals surface area contributed by atoms with Gasteiger partial charge in [0.1, 0.15) is 5.82 Å². The zero-order valence-corrected chi connectivity index (χ0v) is 10.4. The maximum absolute atomic E-state index is 11.4. The monoisotopic (exact) mass is 259 g/mol. The Balaban J connectivity index is 2.35. The van der Waals surface area contributed by atoms with E-state index in [-0.39, 0.29) is 17.4 Å². The average molecular weight is 259 g/mol. The minimum atomic E-state index is -2.89. The minimum Gasteiger partial charge on any atom is -0.300 e. The first-order valence-electron chi connectivity index (χ1n) is 5.00. The van der Waals surface area contributed by atoms with Gasteiger partial charge in [0, 0.05) is 12.5 Å². The molecular weight excluding hydrogens is 246 g/mol. The Kier molecular flexibility index (Phi) is 2.98. The van der Waals surface area contributed by atoms with Crippen LogP contribution >= 0.6 is 12.2 Å². The van der Waals surface area contributed by atoms with Crippen LogP contribution in [0.15, 0.2) is 12.7 Å². The predicted molar refractivity (Wildman–Crippen MR) is 63.6 cm³/mol. The molecule has 1 N–H and O–H groups in total. The molecule has 16 heavy (non-hydrogen) atoms. The first-order chi connectivity index (χ1) is 7.53. The van der Waals surface area contributed by atoms with E-state index in [1.165, 1.54) is 0 Å². The number of sulfone groups is 1. The van der Waals surface area contributed by atoms with Crippen molar-refractivity contribution in [1.29, 1.82) is 0 Å². The Morgan fingerprint density at radius 3 is 3.00 bits per heavy atom. The molecule has 1 saturated heterocycles. The number of aromatic amines is 1. The van der Waals surface area contributed by atoms with Crippen LogP contribution in [0.4, 0.5) is 0 Å². The topological polar surface area (TPSA) is 67.8 Å². The quantitative estimate of drug-likeness (QED) is 0.650. The third kappa shape index (κ3) is 2.10. The van der Waals surface area contributed by atoms with Gasteiger partial charge >= 0.3 is 0 Å². The van der Waals surface area contributed by atoms with E-state index >= 15 is 0 Å². The number of allylic oxidation sites excluding steroid dienone is 1. The number of hydrogen-bond acceptors (Lipinski definition) is 4. The fourth-order valence-electron chi connectivity index (χ4n) is 1.95. The number of aromatic nitrogens is 3. The molecule has 1 aliphatic heterocycles. The summed E-state index contributed by atoms with van der Waals surface area (Å²) in [6, 6.07) is 0. The molecular formula is C9H13N3O2S2. The minimum absolute atomic E-state index is 0.0436. The maximum atomic E-state index is 11.4. The highest BCUT2D eigenvalue weighted by Crippen LogP contribution is 2.27. The van der Waals surface area contributed by atoms with Crippen molar-refractivity contribution in [2.75, 3.05) is 11.5 Å². The van der Waals surface area contributed by atoms with Gasteiger partial charge in [-0.3, -0.25) is 5.10 Å². The molecule has 1 aromatic rings. The molecule has 0 spiro atoms. The van der Waals surface area contributed by atoms with E-state index < -0.39 is 9.84 Å². The van der Waals surface area contributed by atoms with Crippen LogP contribution in [0.5, 0.6) is 0 Å². The van der Waals surface area contributed by atoms with Crippen molar-refractivity contribution in [1.82, 2.24) is 14.8 Å². The summed E-state index contributed by atoms with van der Waals surface area (Å²) >= 11 is 5.08. The molecule has 0 bridgehead atoms. The summed E-state index contributed by atoms with van der Waals surface area (Å²) < 4.78 is 25.1. The van der Waals surface area contributed by atoms with Crippen LogP contribution < -0.4 is 0 Å². The second-order valence-electron chi connectivity index (χ2n) is 3.89. The van der Waals surface area contributed by atoms with Crippen LogP contribution in [-0.2, 0) is 16.4 Å². The summed E-state index contributed by atoms with van der Waals surface area (Å²) in [6.07, 6.45) is 2.34. The van der Waals surface area contributed by atoms with Crippen LogP contribution in [-0.4, -0.2) is 34.7 Å². The molecule has 0 aliphatic carbocycles. The van der Waals surface area contributed by atoms with Crippen LogP contribution in [0.2, 0.25) is 0 Å². The van der Waals surface area contributed by atoms with Crippen LogP contribution in [0.1, 0.15) is 18.2 Å². The van der Waals surface area contributed by atoms with E-state index in [0.29, 0.717) is 17.7 Å². The molecule has 2 rings (SSSR count). The normalized spacial score (nSPS) is 23.4. The highest BCUT2D eigenvalue weighted by Gasteiger charge is 2.32. The maximum Gasteiger partial charge on any atom is 0.195 e. The predicted octanol–water partition coefficient (Wildman–Crippen LogP) is 1.03. The Morgan fingerprint density at radius 2 is 2.44 bits per heavy atom. The third-order valence-corrected chi connectivity index (χ3v) is 4.78. The van der Waals surface area contributed by atoms with Crippen molar-refractivity contribution >= 4 is 22.1 Å². The second-order valence-corrected chi connectivity index (χ2v) is 6.50. The van der Waals surface area contributed by atoms with Crippen molar-refractivity contribution in [3.05, 3.63) is 23.3 Å². The summed E-state index contributed by atoms with van der Waals surface area (Å²) in [5.41, 5.74) is 0. The number of rotatable bonds is 3. The number of H-pyrrole nitrogens is 1. The van der Waals surface area contributed by atoms with Gasteiger partial charge < -0.3 is 4.57 Å². The third-order valence-electron chi connectivity index (χ3n) is 2.70. The second kappa shape index (κ2) is 4.14. The molecule has 0 radical (unpaired) electrons. The van der Waals surface area contributed by atoms with Gasteiger partial charge in [-0.25, -0.2) is 8.42 Å². The fourth-order valence-corrected chi connectivity index (χ4v) is 3.90. The van der Waals surface area contributed by atoms with Gasteiger partial charge in [-0.1, -0.05) is 6.08 Å². The molecule has 0 aromatic carbocycles. The van der Waals surface area contributed by atoms with Crippen molar-refractivity contribution in [3.63, 3.8) is 0 Å². The van der Waals surface area contributed by atoms with Crippen molar-refractivity contribution in [2.24, 2.45) is 0 Å². The Labute approximate surface area is 99.1 Å². The number of nitrogens with one attached hydrogen (secondary N) is 1. The fraction of sp³-hybridized carbons (Fsp3) is 0.556. The van der Waals surface area contributed by atoms with Crippen LogP contribution in [0.3, 0.4) is 0 Å². The van der Waals surface area contributed by atoms with E-state index in [0.717, 1.165) is 5.82 Å². The molecule has 5 nitrogen and oxygen atoms in total. The smallest absolute Gasteiger partial charge is 0.195 e. The SMILES string of the molecule is C=CCn1c([C@H]2CCS(=O)(=O)C2)n[nH]c1=S. The molecule has 1 aliphatic rings. The molecule has 1 aromatic heterocycles. The lowest BCUT2D eigenvalue weighted by atomic mass is 10.1. The van der Waals surface area contributed by atoms with E-state index in [1.807, 2.05) is 0 Å². The lowest BCUT2D eigenvalue weighted by molar-refractivity contribution is 0.599. The van der Waals surface area contributed by atoms with E-state index in [1.54, 1.807) is 10.6 Å². The Bertz CT molecular complexity index is 556. The highest BCUT2D eigenvalue weighted by atomic mass is 32.2. The zero-order chi connectivity index (χ0) is 11.8. The van der Waals surface area contributed by atoms with E-state index in [2.05, 4.69) is 16.8 Å². The highest BCUT2D eigenvalue weighted by molar-refractivity contribution is 7.91. The molecule has 0 saturated carbocycles. The van der Waals surface area contributed by atoms with Crippen LogP contribution in [0, 0.1) is 4.77 Å². The van der Waals surface area contributed by atoms with E-state index in [4.69, 9.17) is 12.2 Å². The van der Waals surface area contributed by atoms with Gasteiger partial charge in [0.05, 0.1) is 11.5 Å². The lowest BCUT2D eigenvalue weighted by Gasteiger charge is -2.08. The van der Waals surface area contributed by atoms with Gasteiger partial charge in [0.25, 0.3) is 0 Å². The summed E-state index contributed by atoms with van der Waals surface area (Å²) in [4.78, 5) is 0. The zero-order valence-electron chi connectivity index (χ0n) is 8.72. The number of nitrogens with zero attached hydrogens (tertiary/aromatic N) is 2. The molecule has 2 heterocycles. The summed E-state index contributed by atoms with van der Waals surface area (Å²) in [5.74, 6) is 1.10. The van der Waals surface area contributed by atoms with Crippen molar-refractivity contribution < 1.29 is 8.42 Å². The molecule has 0 amide bonds. The first kappa shape index (κ1) is 11.5. The summed E-state index contributed by atoms with van der Waals surface area (Å²) in [6.45, 7) is 4.20. The van der Waals surface area contributed by atoms with Gasteiger partial charge in [-0.2, -0.15) is 5.10 Å². The Hall–Kier alpha value is -0.950. The molecule has 1 fully saturated rings. The van der Waals surface area contributed by atoms with Gasteiger partial charge in [-0.15, -0.1) is 6.58 Å². The van der Waals surface area contributed by atoms with Crippen LogP contribution in [0.25, 0.3) is 0 Å². The standard InChI is InChI=1S/C9H13N3O2S2/c1-2-4-12-8(10-11-9(12)15)7-3-5-16(13,14)6-7/h2,7H,1,3-6H2,(H,11,15)/t7-/m0/s1. The van der Waals surface area contributed by atoms with Crippen molar-refractivity contribution in [2.45, 2.75) is 18.9 Å². The molecule has 88 valence electrons. The Morgan fingerprint density at radius 1 is 1.69 bits per heavy atom.